The van der Waals surface area contributed by atoms with Crippen LogP contribution in [0.25, 0.3) is 0 Å². The number of nitrogens with one attached hydrogen (secondary N) is 7. The van der Waals surface area contributed by atoms with Gasteiger partial charge in [-0.2, -0.15) is 0 Å². The third kappa shape index (κ3) is 43.2. The molecule has 0 aromatic heterocycles. The number of carbonyl (C=O) groups excluding carboxylic acids is 12. The van der Waals surface area contributed by atoms with Crippen LogP contribution >= 0.6 is 0 Å². The van der Waals surface area contributed by atoms with E-state index in [9.17, 15) is 157 Å². The van der Waals surface area contributed by atoms with Gasteiger partial charge in [-0.25, -0.2) is 28.8 Å². The summed E-state index contributed by atoms with van der Waals surface area (Å²) in [7, 11) is 0. The van der Waals surface area contributed by atoms with Crippen molar-refractivity contribution in [1.29, 1.82) is 0 Å². The number of rotatable bonds is 60. The van der Waals surface area contributed by atoms with Gasteiger partial charge >= 0.3 is 59.7 Å². The molecule has 0 fully saturated rings. The van der Waals surface area contributed by atoms with Crippen LogP contribution in [0.4, 0.5) is 0 Å². The quantitative estimate of drug-likeness (QED) is 0.0357. The minimum atomic E-state index is -1.85. The maximum Gasteiger partial charge on any atom is 0.326 e. The first-order chi connectivity index (χ1) is 48.0. The Morgan fingerprint density at radius 1 is 0.260 bits per heavy atom. The third-order valence-corrected chi connectivity index (χ3v) is 16.2. The molecule has 11 atom stereocenters. The van der Waals surface area contributed by atoms with E-state index in [-0.39, 0.29) is 51.4 Å². The monoisotopic (exact) mass is 1490 g/mol. The van der Waals surface area contributed by atoms with Crippen LogP contribution in [0.5, 0.6) is 0 Å². The van der Waals surface area contributed by atoms with Crippen molar-refractivity contribution in [3.8, 4) is 0 Å². The molecule has 7 amide bonds. The van der Waals surface area contributed by atoms with E-state index in [2.05, 4.69) is 26.6 Å². The molecule has 39 heteroatoms. The molecule has 0 unspecified atom stereocenters. The highest BCUT2D eigenvalue weighted by Gasteiger charge is 2.33. The lowest BCUT2D eigenvalue weighted by Gasteiger charge is -2.18. The first kappa shape index (κ1) is 95.4. The highest BCUT2D eigenvalue weighted by atomic mass is 16.4. The molecule has 104 heavy (non-hydrogen) atoms. The van der Waals surface area contributed by atoms with Gasteiger partial charge in [0, 0.05) is 102 Å². The van der Waals surface area contributed by atoms with Gasteiger partial charge in [0.15, 0.2) is 0 Å². The van der Waals surface area contributed by atoms with Gasteiger partial charge in [-0.05, 0) is 90.9 Å². The second-order valence-corrected chi connectivity index (χ2v) is 24.8. The zero-order chi connectivity index (χ0) is 78.8. The molecule has 0 bridgehead atoms. The average Bonchev–Trinajstić information content (AvgIpc) is 0.914. The highest BCUT2D eigenvalue weighted by molar-refractivity contribution is 5.92. The summed E-state index contributed by atoms with van der Waals surface area (Å²) >= 11 is 0. The molecule has 0 radical (unpaired) electrons. The third-order valence-electron chi connectivity index (χ3n) is 16.2. The molecule has 0 aliphatic heterocycles. The van der Waals surface area contributed by atoms with Crippen LogP contribution in [0.3, 0.4) is 0 Å². The van der Waals surface area contributed by atoms with Crippen molar-refractivity contribution in [3.05, 3.63) is 0 Å². The van der Waals surface area contributed by atoms with E-state index in [0.29, 0.717) is 19.3 Å². The lowest BCUT2D eigenvalue weighted by atomic mass is 9.93. The topological polar surface area (TPSA) is 662 Å². The Kier molecular flexibility index (Phi) is 46.5. The van der Waals surface area contributed by atoms with Crippen LogP contribution in [-0.4, -0.2) is 224 Å². The van der Waals surface area contributed by atoms with Gasteiger partial charge in [-0.15, -0.1) is 0 Å². The summed E-state index contributed by atoms with van der Waals surface area (Å²) in [5.41, 5.74) is 0. The predicted molar refractivity (Wildman–Crippen MR) is 352 cm³/mol. The van der Waals surface area contributed by atoms with Crippen molar-refractivity contribution in [3.63, 3.8) is 0 Å². The molecule has 0 saturated heterocycles. The van der Waals surface area contributed by atoms with E-state index in [1.807, 2.05) is 10.6 Å². The van der Waals surface area contributed by atoms with Crippen LogP contribution in [0, 0.1) is 29.6 Å². The second-order valence-electron chi connectivity index (χ2n) is 24.8. The lowest BCUT2D eigenvalue weighted by molar-refractivity contribution is -0.145. The number of hydrogen-bond donors (Lipinski definition) is 17. The van der Waals surface area contributed by atoms with Gasteiger partial charge in [0.1, 0.15) is 65.2 Å². The van der Waals surface area contributed by atoms with Crippen molar-refractivity contribution >= 4 is 130 Å². The Hall–Kier alpha value is -10.7. The van der Waals surface area contributed by atoms with Crippen LogP contribution in [0.2, 0.25) is 0 Å². The summed E-state index contributed by atoms with van der Waals surface area (Å²) in [6.07, 6.45) is -12.2. The largest absolute Gasteiger partial charge is 0.481 e. The number of hydrogen-bond acceptors (Lipinski definition) is 22. The second kappa shape index (κ2) is 50.6. The number of carboxylic acids is 10. The van der Waals surface area contributed by atoms with E-state index in [1.54, 1.807) is 6.92 Å². The Balaban J connectivity index is 0. The van der Waals surface area contributed by atoms with Gasteiger partial charge in [-0.3, -0.25) is 71.9 Å². The van der Waals surface area contributed by atoms with Gasteiger partial charge < -0.3 is 93.1 Å². The number of unbranched alkanes of at least 4 members (excludes halogenated alkanes) is 1. The van der Waals surface area contributed by atoms with E-state index >= 15 is 0 Å². The van der Waals surface area contributed by atoms with Gasteiger partial charge in [0.05, 0.1) is 23.7 Å². The minimum Gasteiger partial charge on any atom is -0.481 e. The maximum atomic E-state index is 12.9. The van der Waals surface area contributed by atoms with Gasteiger partial charge in [0.25, 0.3) is 0 Å². The van der Waals surface area contributed by atoms with Gasteiger partial charge in [0.2, 0.25) is 41.4 Å². The minimum absolute atomic E-state index is 0. The zero-order valence-electron chi connectivity index (χ0n) is 57.1. The molecule has 0 aliphatic rings. The standard InChI is InChI=1S/C64H93N7O32.CH4/c1-32(34(3)73)6-4-5-27-65-48(77)24-17-45(62(98)99)69-51(80)22-9-37(57(88)89)30-40(75)12-15-43(60(94)95)67-50(79)21-8-36(56(86)87)29-41(76)13-16-44(61(96)97)68-53(82)25-19-47(64(102)103)71-54(83)26-18-46(63(100)101)70-52(81)23-10-38(58(90)91)31-39(74)11-14-42(59(92)93)66-49(78)20-7-35(55(84)85)28-33(2)72;/h32,35-38,42-47H,4-31H2,1-3H3,(H,65,77)(H,66,78)(H,67,79)(H,68,82)(H,69,80)(H,70,81)(H,71,83)(H,84,85)(H,86,87)(H,88,89)(H,90,91)(H,92,93)(H,94,95)(H,96,97)(H,98,99)(H,100,101)(H,102,103);1H4/t32-,35+,36+,37+,38+,42-,43-,44-,45-,46-,47-;/m0./s1. The van der Waals surface area contributed by atoms with E-state index in [0.717, 1.165) is 6.92 Å². The van der Waals surface area contributed by atoms with Crippen LogP contribution in [0.1, 0.15) is 202 Å². The first-order valence-corrected chi connectivity index (χ1v) is 32.9. The SMILES string of the molecule is C.CC(=O)C[C@@H](CCC(=O)N[C@@H](CCC(=O)C[C@@H](CCC(=O)N[C@@H](CCC(=O)N[C@@H](CCC(=O)N[C@@H](CCC(=O)C[C@@H](CCC(=O)N[C@@H](CCC(=O)C[C@@H](CCC(=O)N[C@@H](CCC(=O)NCCCC[C@H](C)C(C)=O)C(=O)O)C(=O)O)C(=O)O)C(=O)O)C(=O)O)C(=O)O)C(=O)O)C(=O)O)C(=O)O)C(=O)O. The molecule has 0 rings (SSSR count). The first-order valence-electron chi connectivity index (χ1n) is 32.9. The molecule has 17 N–H and O–H groups in total. The average molecular weight is 1490 g/mol. The number of carboxylic acid groups (broad SMARTS) is 10. The molecular formula is C65H97N7O32. The lowest BCUT2D eigenvalue weighted by Crippen LogP contribution is -2.45. The summed E-state index contributed by atoms with van der Waals surface area (Å²) in [5, 5.41) is 112. The zero-order valence-corrected chi connectivity index (χ0v) is 57.1. The van der Waals surface area contributed by atoms with Gasteiger partial charge in [-0.1, -0.05) is 20.8 Å². The summed E-state index contributed by atoms with van der Waals surface area (Å²) in [6.45, 7) is 4.67. The van der Waals surface area contributed by atoms with Crippen molar-refractivity contribution in [2.45, 2.75) is 238 Å². The fraction of sp³-hybridized carbons (Fsp3) is 0.662. The molecule has 0 spiro atoms. The summed E-state index contributed by atoms with van der Waals surface area (Å²) in [5.74, 6) is -31.4. The van der Waals surface area contributed by atoms with Crippen molar-refractivity contribution in [2.75, 3.05) is 6.54 Å². The van der Waals surface area contributed by atoms with Crippen LogP contribution < -0.4 is 37.2 Å². The Bertz CT molecular complexity index is 3100. The van der Waals surface area contributed by atoms with E-state index in [1.165, 1.54) is 6.92 Å². The Morgan fingerprint density at radius 2 is 0.471 bits per heavy atom. The van der Waals surface area contributed by atoms with Crippen LogP contribution in [0.15, 0.2) is 0 Å². The fourth-order valence-corrected chi connectivity index (χ4v) is 9.93. The molecule has 0 heterocycles. The molecule has 39 nitrogen and oxygen atoms in total. The van der Waals surface area contributed by atoms with E-state index in [4.69, 9.17) is 0 Å². The molecule has 0 aliphatic carbocycles. The number of carbonyl (C=O) groups is 22. The molecular weight excluding hydrogens is 1390 g/mol. The summed E-state index contributed by atoms with van der Waals surface area (Å²) in [6, 6.07) is -10.5. The van der Waals surface area contributed by atoms with Crippen LogP contribution in [-0.2, 0) is 105 Å². The maximum absolute atomic E-state index is 12.9. The fourth-order valence-electron chi connectivity index (χ4n) is 9.93. The molecule has 0 aromatic rings. The predicted octanol–water partition coefficient (Wildman–Crippen LogP) is 0.0124. The number of ketones is 5. The van der Waals surface area contributed by atoms with Crippen molar-refractivity contribution in [2.24, 2.45) is 29.6 Å². The summed E-state index contributed by atoms with van der Waals surface area (Å²) < 4.78 is 0. The Labute approximate surface area is 595 Å². The molecule has 0 aromatic carbocycles. The van der Waals surface area contributed by atoms with E-state index < -0.39 is 313 Å². The number of Topliss-reactive ketones (excluding diaryl/α,β-unsaturated/α-hetero) is 5. The number of aliphatic carboxylic acids is 10. The molecule has 0 saturated carbocycles. The summed E-state index contributed by atoms with van der Waals surface area (Å²) in [4.78, 5) is 269. The van der Waals surface area contributed by atoms with Crippen molar-refractivity contribution < 1.29 is 157 Å². The highest BCUT2D eigenvalue weighted by Crippen LogP contribution is 2.20. The van der Waals surface area contributed by atoms with Crippen molar-refractivity contribution in [1.82, 2.24) is 37.2 Å². The smallest absolute Gasteiger partial charge is 0.326 e. The molecule has 584 valence electrons. The Morgan fingerprint density at radius 3 is 0.683 bits per heavy atom. The number of amides is 7. The normalized spacial score (nSPS) is 14.0.